The molecule has 0 aliphatic carbocycles. The Morgan fingerprint density at radius 1 is 1.24 bits per heavy atom. The lowest BCUT2D eigenvalue weighted by molar-refractivity contribution is -0.114. The molecule has 2 rings (SSSR count). The number of benzene rings is 1. The minimum Gasteiger partial charge on any atom is -0.495 e. The molecule has 0 radical (unpaired) electrons. The van der Waals surface area contributed by atoms with Crippen LogP contribution in [0.1, 0.15) is 24.2 Å². The van der Waals surface area contributed by atoms with Crippen LogP contribution in [0.4, 0.5) is 5.69 Å². The first-order valence-electron chi connectivity index (χ1n) is 7.00. The van der Waals surface area contributed by atoms with Crippen molar-refractivity contribution in [3.05, 3.63) is 22.7 Å². The Morgan fingerprint density at radius 3 is 2.48 bits per heavy atom. The number of halogens is 1. The van der Waals surface area contributed by atoms with Crippen molar-refractivity contribution in [1.82, 2.24) is 4.90 Å². The van der Waals surface area contributed by atoms with Crippen LogP contribution in [0.5, 0.6) is 5.75 Å². The number of nitrogens with zero attached hydrogens (tertiary/aromatic N) is 2. The number of fused-ring (bicyclic) bond motifs is 1. The molecule has 1 aliphatic heterocycles. The molecular weight excluding hydrogens is 292 g/mol. The van der Waals surface area contributed by atoms with Gasteiger partial charge in [-0.05, 0) is 25.2 Å². The van der Waals surface area contributed by atoms with Crippen LogP contribution in [0, 0.1) is 0 Å². The molecule has 5 nitrogen and oxygen atoms in total. The van der Waals surface area contributed by atoms with Crippen molar-refractivity contribution < 1.29 is 14.3 Å². The molecule has 0 aromatic heterocycles. The number of ketones is 1. The number of anilines is 1. The van der Waals surface area contributed by atoms with Gasteiger partial charge in [-0.3, -0.25) is 9.59 Å². The number of carbonyl (C=O) groups excluding carboxylic acids is 2. The summed E-state index contributed by atoms with van der Waals surface area (Å²) in [5.41, 5.74) is 0.743. The number of amides is 1. The van der Waals surface area contributed by atoms with E-state index < -0.39 is 11.7 Å². The quantitative estimate of drug-likeness (QED) is 0.756. The van der Waals surface area contributed by atoms with Crippen LogP contribution in [0.2, 0.25) is 5.02 Å². The van der Waals surface area contributed by atoms with Crippen LogP contribution >= 0.6 is 11.6 Å². The predicted octanol–water partition coefficient (Wildman–Crippen LogP) is 2.22. The minimum atomic E-state index is -0.562. The van der Waals surface area contributed by atoms with E-state index in [9.17, 15) is 9.59 Å². The van der Waals surface area contributed by atoms with E-state index in [1.54, 1.807) is 12.1 Å². The van der Waals surface area contributed by atoms with Gasteiger partial charge in [0.1, 0.15) is 5.75 Å². The van der Waals surface area contributed by atoms with Crippen molar-refractivity contribution in [3.63, 3.8) is 0 Å². The number of Topliss-reactive ketones (excluding diaryl/α,β-unsaturated/α-hetero) is 1. The Morgan fingerprint density at radius 2 is 1.90 bits per heavy atom. The monoisotopic (exact) mass is 310 g/mol. The van der Waals surface area contributed by atoms with Crippen molar-refractivity contribution >= 4 is 29.0 Å². The molecule has 0 spiro atoms. The van der Waals surface area contributed by atoms with E-state index in [-0.39, 0.29) is 10.6 Å². The third-order valence-corrected chi connectivity index (χ3v) is 4.10. The predicted molar refractivity (Wildman–Crippen MR) is 82.5 cm³/mol. The molecule has 1 aromatic rings. The number of rotatable bonds is 6. The average molecular weight is 311 g/mol. The standard InChI is InChI=1S/C15H19ClN2O3/c1-4-17(5-2)8-9-18-13-11(21-3)7-6-10(16)12(13)14(19)15(18)20/h6-7H,4-5,8-9H2,1-3H3. The van der Waals surface area contributed by atoms with E-state index in [0.717, 1.165) is 13.1 Å². The highest BCUT2D eigenvalue weighted by Gasteiger charge is 2.39. The zero-order chi connectivity index (χ0) is 15.6. The minimum absolute atomic E-state index is 0.251. The first-order valence-corrected chi connectivity index (χ1v) is 7.37. The molecule has 21 heavy (non-hydrogen) atoms. The number of ether oxygens (including phenoxy) is 1. The van der Waals surface area contributed by atoms with Crippen molar-refractivity contribution in [2.24, 2.45) is 0 Å². The molecule has 0 atom stereocenters. The largest absolute Gasteiger partial charge is 0.495 e. The SMILES string of the molecule is CCN(CC)CCN1C(=O)C(=O)c2c(Cl)ccc(OC)c21. The van der Waals surface area contributed by atoms with Gasteiger partial charge < -0.3 is 14.5 Å². The fourth-order valence-corrected chi connectivity index (χ4v) is 2.76. The molecule has 1 aliphatic rings. The van der Waals surface area contributed by atoms with Gasteiger partial charge in [0.05, 0.1) is 23.4 Å². The van der Waals surface area contributed by atoms with Gasteiger partial charge in [-0.25, -0.2) is 0 Å². The molecule has 0 unspecified atom stereocenters. The molecule has 0 bridgehead atoms. The molecule has 1 amide bonds. The molecule has 0 saturated heterocycles. The zero-order valence-electron chi connectivity index (χ0n) is 12.5. The summed E-state index contributed by atoms with van der Waals surface area (Å²) >= 11 is 6.08. The maximum Gasteiger partial charge on any atom is 0.299 e. The molecular formula is C15H19ClN2O3. The van der Waals surface area contributed by atoms with E-state index in [1.807, 2.05) is 0 Å². The van der Waals surface area contributed by atoms with Crippen LogP contribution in [-0.2, 0) is 4.79 Å². The third kappa shape index (κ3) is 2.76. The fraction of sp³-hybridized carbons (Fsp3) is 0.467. The summed E-state index contributed by atoms with van der Waals surface area (Å²) < 4.78 is 5.28. The van der Waals surface area contributed by atoms with E-state index >= 15 is 0 Å². The molecule has 0 fully saturated rings. The summed E-state index contributed by atoms with van der Waals surface area (Å²) in [5, 5.41) is 0.287. The van der Waals surface area contributed by atoms with Gasteiger partial charge in [0.25, 0.3) is 11.7 Å². The van der Waals surface area contributed by atoms with Crippen LogP contribution in [-0.4, -0.2) is 49.9 Å². The second-order valence-corrected chi connectivity index (χ2v) is 5.19. The van der Waals surface area contributed by atoms with Gasteiger partial charge in [0, 0.05) is 13.1 Å². The Bertz CT molecular complexity index is 570. The highest BCUT2D eigenvalue weighted by atomic mass is 35.5. The first-order chi connectivity index (χ1) is 10.0. The van der Waals surface area contributed by atoms with E-state index in [0.29, 0.717) is 24.5 Å². The highest BCUT2D eigenvalue weighted by molar-refractivity contribution is 6.55. The highest BCUT2D eigenvalue weighted by Crippen LogP contribution is 2.41. The van der Waals surface area contributed by atoms with Gasteiger partial charge in [-0.1, -0.05) is 25.4 Å². The number of carbonyl (C=O) groups is 2. The molecule has 1 heterocycles. The van der Waals surface area contributed by atoms with Gasteiger partial charge >= 0.3 is 0 Å². The third-order valence-electron chi connectivity index (χ3n) is 3.78. The van der Waals surface area contributed by atoms with Crippen molar-refractivity contribution in [2.75, 3.05) is 38.2 Å². The summed E-state index contributed by atoms with van der Waals surface area (Å²) in [6.45, 7) is 7.05. The Kier molecular flexibility index (Phi) is 4.85. The van der Waals surface area contributed by atoms with E-state index in [1.165, 1.54) is 12.0 Å². The zero-order valence-corrected chi connectivity index (χ0v) is 13.2. The topological polar surface area (TPSA) is 49.9 Å². The van der Waals surface area contributed by atoms with Crippen LogP contribution in [0.25, 0.3) is 0 Å². The van der Waals surface area contributed by atoms with Crippen molar-refractivity contribution in [1.29, 1.82) is 0 Å². The van der Waals surface area contributed by atoms with E-state index in [4.69, 9.17) is 16.3 Å². The number of hydrogen-bond donors (Lipinski definition) is 0. The summed E-state index contributed by atoms with van der Waals surface area (Å²) in [7, 11) is 1.51. The van der Waals surface area contributed by atoms with Gasteiger partial charge in [0.15, 0.2) is 0 Å². The van der Waals surface area contributed by atoms with E-state index in [2.05, 4.69) is 18.7 Å². The maximum atomic E-state index is 12.2. The summed E-state index contributed by atoms with van der Waals surface area (Å²) in [6, 6.07) is 3.26. The Hall–Kier alpha value is -1.59. The lowest BCUT2D eigenvalue weighted by Gasteiger charge is -2.24. The van der Waals surface area contributed by atoms with Gasteiger partial charge in [0.2, 0.25) is 0 Å². The molecule has 0 N–H and O–H groups in total. The normalized spacial score (nSPS) is 14.0. The average Bonchev–Trinajstić information content (AvgIpc) is 2.74. The Labute approximate surface area is 129 Å². The molecule has 6 heteroatoms. The van der Waals surface area contributed by atoms with Crippen molar-refractivity contribution in [3.8, 4) is 5.75 Å². The summed E-state index contributed by atoms with van der Waals surface area (Å²) in [5.74, 6) is -0.606. The second-order valence-electron chi connectivity index (χ2n) is 4.79. The van der Waals surface area contributed by atoms with Gasteiger partial charge in [-0.2, -0.15) is 0 Å². The molecule has 114 valence electrons. The summed E-state index contributed by atoms with van der Waals surface area (Å²) in [4.78, 5) is 28.0. The van der Waals surface area contributed by atoms with Gasteiger partial charge in [-0.15, -0.1) is 0 Å². The fourth-order valence-electron chi connectivity index (χ4n) is 2.52. The Balaban J connectivity index is 2.36. The number of hydrogen-bond acceptors (Lipinski definition) is 4. The number of methoxy groups -OCH3 is 1. The van der Waals surface area contributed by atoms with Crippen LogP contribution < -0.4 is 9.64 Å². The summed E-state index contributed by atoms with van der Waals surface area (Å²) in [6.07, 6.45) is 0. The molecule has 0 saturated carbocycles. The van der Waals surface area contributed by atoms with Crippen LogP contribution in [0.3, 0.4) is 0 Å². The smallest absolute Gasteiger partial charge is 0.299 e. The first kappa shape index (κ1) is 15.8. The number of likely N-dealkylation sites (N-methyl/N-ethyl adjacent to an activating group) is 1. The lowest BCUT2D eigenvalue weighted by atomic mass is 10.1. The lowest BCUT2D eigenvalue weighted by Crippen LogP contribution is -2.38. The maximum absolute atomic E-state index is 12.2. The second kappa shape index (κ2) is 6.45. The van der Waals surface area contributed by atoms with Crippen molar-refractivity contribution in [2.45, 2.75) is 13.8 Å². The van der Waals surface area contributed by atoms with Crippen LogP contribution in [0.15, 0.2) is 12.1 Å². The molecule has 1 aromatic carbocycles.